The van der Waals surface area contributed by atoms with Crippen molar-refractivity contribution in [2.24, 2.45) is 0 Å². The Hall–Kier alpha value is -3.22. The van der Waals surface area contributed by atoms with Gasteiger partial charge in [-0.1, -0.05) is 35.0 Å². The Morgan fingerprint density at radius 3 is 2.57 bits per heavy atom. The lowest BCUT2D eigenvalue weighted by Gasteiger charge is -2.19. The second-order valence-electron chi connectivity index (χ2n) is 6.75. The smallest absolute Gasteiger partial charge is 0.273 e. The number of anilines is 1. The van der Waals surface area contributed by atoms with Crippen molar-refractivity contribution in [3.05, 3.63) is 71.3 Å². The largest absolute Gasteiger partial charge is 0.372 e. The number of nitrogens with one attached hydrogen (secondary N) is 1. The monoisotopic (exact) mass is 381 g/mol. The number of halogens is 1. The molecule has 3 aromatic rings. The molecule has 1 heterocycles. The number of nitrogens with zero attached hydrogens (tertiary/aromatic N) is 4. The normalized spacial score (nSPS) is 10.7. The molecule has 28 heavy (non-hydrogen) atoms. The Bertz CT molecular complexity index is 952. The van der Waals surface area contributed by atoms with E-state index >= 15 is 0 Å². The molecule has 2 aromatic carbocycles. The molecule has 0 radical (unpaired) electrons. The van der Waals surface area contributed by atoms with Gasteiger partial charge in [-0.15, -0.1) is 5.10 Å². The first-order valence-electron chi connectivity index (χ1n) is 9.20. The molecule has 0 unspecified atom stereocenters. The van der Waals surface area contributed by atoms with Gasteiger partial charge in [0.2, 0.25) is 0 Å². The highest BCUT2D eigenvalue weighted by Gasteiger charge is 2.17. The summed E-state index contributed by atoms with van der Waals surface area (Å²) in [6, 6.07) is 14.5. The number of rotatable bonds is 7. The quantitative estimate of drug-likeness (QED) is 0.638. The molecule has 146 valence electrons. The van der Waals surface area contributed by atoms with Crippen LogP contribution in [0.5, 0.6) is 0 Å². The molecule has 0 aliphatic carbocycles. The maximum absolute atomic E-state index is 13.8. The lowest BCUT2D eigenvalue weighted by Crippen LogP contribution is -2.29. The molecule has 0 bridgehead atoms. The third-order valence-electron chi connectivity index (χ3n) is 4.61. The van der Waals surface area contributed by atoms with Crippen LogP contribution in [-0.2, 0) is 0 Å². The van der Waals surface area contributed by atoms with Gasteiger partial charge in [-0.25, -0.2) is 9.07 Å². The van der Waals surface area contributed by atoms with Crippen LogP contribution < -0.4 is 10.2 Å². The average molecular weight is 381 g/mol. The van der Waals surface area contributed by atoms with Crippen molar-refractivity contribution in [3.63, 3.8) is 0 Å². The molecule has 1 aromatic heterocycles. The third-order valence-corrected chi connectivity index (χ3v) is 4.61. The van der Waals surface area contributed by atoms with Gasteiger partial charge in [-0.05, 0) is 44.5 Å². The summed E-state index contributed by atoms with van der Waals surface area (Å²) in [7, 11) is 1.83. The van der Waals surface area contributed by atoms with Crippen molar-refractivity contribution in [1.82, 2.24) is 20.3 Å². The van der Waals surface area contributed by atoms with Crippen LogP contribution >= 0.6 is 0 Å². The number of carbonyl (C=O) groups excluding carboxylic acids is 1. The fourth-order valence-corrected chi connectivity index (χ4v) is 2.95. The molecule has 0 atom stereocenters. The highest BCUT2D eigenvalue weighted by atomic mass is 19.1. The van der Waals surface area contributed by atoms with Crippen molar-refractivity contribution in [2.75, 3.05) is 25.0 Å². The van der Waals surface area contributed by atoms with Crippen LogP contribution in [0, 0.1) is 19.7 Å². The van der Waals surface area contributed by atoms with E-state index in [2.05, 4.69) is 15.6 Å². The van der Waals surface area contributed by atoms with E-state index in [1.807, 2.05) is 50.1 Å². The van der Waals surface area contributed by atoms with Gasteiger partial charge in [-0.2, -0.15) is 0 Å². The number of aromatic nitrogens is 3. The van der Waals surface area contributed by atoms with E-state index in [9.17, 15) is 9.18 Å². The van der Waals surface area contributed by atoms with E-state index in [4.69, 9.17) is 0 Å². The number of amides is 1. The van der Waals surface area contributed by atoms with Gasteiger partial charge in [-0.3, -0.25) is 4.79 Å². The topological polar surface area (TPSA) is 63.1 Å². The zero-order valence-electron chi connectivity index (χ0n) is 16.3. The van der Waals surface area contributed by atoms with Crippen molar-refractivity contribution in [1.29, 1.82) is 0 Å². The summed E-state index contributed by atoms with van der Waals surface area (Å²) in [5.74, 6) is -0.512. The average Bonchev–Trinajstić information content (AvgIpc) is 3.07. The summed E-state index contributed by atoms with van der Waals surface area (Å²) in [5.41, 5.74) is 3.56. The first-order valence-corrected chi connectivity index (χ1v) is 9.20. The maximum Gasteiger partial charge on any atom is 0.273 e. The Kier molecular flexibility index (Phi) is 6.03. The predicted octanol–water partition coefficient (Wildman–Crippen LogP) is 3.28. The lowest BCUT2D eigenvalue weighted by molar-refractivity contribution is 0.0947. The summed E-state index contributed by atoms with van der Waals surface area (Å²) in [6.07, 6.45) is 0.682. The molecule has 1 N–H and O–H groups in total. The number of hydrogen-bond donors (Lipinski definition) is 1. The van der Waals surface area contributed by atoms with E-state index in [1.165, 1.54) is 6.07 Å². The predicted molar refractivity (Wildman–Crippen MR) is 107 cm³/mol. The molecule has 0 saturated heterocycles. The van der Waals surface area contributed by atoms with Gasteiger partial charge in [0.05, 0.1) is 17.1 Å². The van der Waals surface area contributed by atoms with Gasteiger partial charge in [0.15, 0.2) is 5.69 Å². The van der Waals surface area contributed by atoms with Crippen molar-refractivity contribution >= 4 is 11.6 Å². The molecular weight excluding hydrogens is 357 g/mol. The standard InChI is InChI=1S/C21H24FN5O/c1-15-9-11-17(12-10-15)27-16(2)20(24-25-27)21(28)23-13-6-14-26(3)19-8-5-4-7-18(19)22/h4-5,7-12H,6,13-14H2,1-3H3,(H,23,28). The Morgan fingerprint density at radius 2 is 1.86 bits per heavy atom. The maximum atomic E-state index is 13.8. The Labute approximate surface area is 164 Å². The van der Waals surface area contributed by atoms with E-state index in [0.717, 1.165) is 11.3 Å². The first kappa shape index (κ1) is 19.5. The molecule has 0 spiro atoms. The molecule has 0 aliphatic heterocycles. The summed E-state index contributed by atoms with van der Waals surface area (Å²) in [5, 5.41) is 11.0. The van der Waals surface area contributed by atoms with Crippen molar-refractivity contribution < 1.29 is 9.18 Å². The third kappa shape index (κ3) is 4.36. The molecule has 3 rings (SSSR count). The molecule has 7 heteroatoms. The number of para-hydroxylation sites is 1. The summed E-state index contributed by atoms with van der Waals surface area (Å²) < 4.78 is 15.4. The van der Waals surface area contributed by atoms with Gasteiger partial charge < -0.3 is 10.2 Å². The van der Waals surface area contributed by atoms with Crippen LogP contribution in [0.4, 0.5) is 10.1 Å². The highest BCUT2D eigenvalue weighted by Crippen LogP contribution is 2.17. The number of aryl methyl sites for hydroxylation is 1. The van der Waals surface area contributed by atoms with Crippen LogP contribution in [0.1, 0.15) is 28.2 Å². The van der Waals surface area contributed by atoms with Gasteiger partial charge in [0.25, 0.3) is 5.91 Å². The fraction of sp³-hybridized carbons (Fsp3) is 0.286. The number of benzene rings is 2. The lowest BCUT2D eigenvalue weighted by atomic mass is 10.2. The summed E-state index contributed by atoms with van der Waals surface area (Å²) in [4.78, 5) is 14.3. The van der Waals surface area contributed by atoms with Crippen LogP contribution in [0.3, 0.4) is 0 Å². The van der Waals surface area contributed by atoms with Crippen LogP contribution in [0.2, 0.25) is 0 Å². The Balaban J connectivity index is 1.54. The minimum absolute atomic E-state index is 0.252. The van der Waals surface area contributed by atoms with E-state index in [1.54, 1.807) is 22.9 Å². The molecule has 0 saturated carbocycles. The van der Waals surface area contributed by atoms with Crippen LogP contribution in [0.15, 0.2) is 48.5 Å². The minimum Gasteiger partial charge on any atom is -0.372 e. The van der Waals surface area contributed by atoms with E-state index in [-0.39, 0.29) is 11.7 Å². The van der Waals surface area contributed by atoms with Crippen molar-refractivity contribution in [2.45, 2.75) is 20.3 Å². The summed E-state index contributed by atoms with van der Waals surface area (Å²) in [6.45, 7) is 4.92. The molecule has 1 amide bonds. The van der Waals surface area contributed by atoms with Crippen LogP contribution in [0.25, 0.3) is 5.69 Å². The molecular formula is C21H24FN5O. The molecule has 0 fully saturated rings. The fourth-order valence-electron chi connectivity index (χ4n) is 2.95. The minimum atomic E-state index is -0.260. The second-order valence-corrected chi connectivity index (χ2v) is 6.75. The SMILES string of the molecule is Cc1ccc(-n2nnc(C(=O)NCCCN(C)c3ccccc3F)c2C)cc1. The van der Waals surface area contributed by atoms with Crippen LogP contribution in [-0.4, -0.2) is 41.0 Å². The Morgan fingerprint density at radius 1 is 1.14 bits per heavy atom. The summed E-state index contributed by atoms with van der Waals surface area (Å²) >= 11 is 0. The van der Waals surface area contributed by atoms with E-state index in [0.29, 0.717) is 36.6 Å². The first-order chi connectivity index (χ1) is 13.5. The van der Waals surface area contributed by atoms with E-state index < -0.39 is 0 Å². The van der Waals surface area contributed by atoms with Gasteiger partial charge >= 0.3 is 0 Å². The van der Waals surface area contributed by atoms with Gasteiger partial charge in [0.1, 0.15) is 5.82 Å². The number of hydrogen-bond acceptors (Lipinski definition) is 4. The molecule has 6 nitrogen and oxygen atoms in total. The zero-order chi connectivity index (χ0) is 20.1. The zero-order valence-corrected chi connectivity index (χ0v) is 16.3. The second kappa shape index (κ2) is 8.65. The van der Waals surface area contributed by atoms with Gasteiger partial charge in [0, 0.05) is 20.1 Å². The highest BCUT2D eigenvalue weighted by molar-refractivity contribution is 5.93. The number of carbonyl (C=O) groups is 1. The molecule has 0 aliphatic rings. The van der Waals surface area contributed by atoms with Crippen molar-refractivity contribution in [3.8, 4) is 5.69 Å².